The maximum atomic E-state index is 11.1. The monoisotopic (exact) mass is 234 g/mol. The summed E-state index contributed by atoms with van der Waals surface area (Å²) in [6.45, 7) is 0. The predicted octanol–water partition coefficient (Wildman–Crippen LogP) is 4.69. The van der Waals surface area contributed by atoms with Crippen molar-refractivity contribution in [2.24, 2.45) is 11.8 Å². The van der Waals surface area contributed by atoms with Crippen LogP contribution in [0.25, 0.3) is 0 Å². The van der Waals surface area contributed by atoms with Crippen LogP contribution >= 0.6 is 0 Å². The maximum Gasteiger partial charge on any atom is 0.123 e. The fourth-order valence-electron chi connectivity index (χ4n) is 3.66. The Morgan fingerprint density at radius 3 is 2.35 bits per heavy atom. The fraction of sp³-hybridized carbons (Fsp3) is 0.875. The molecule has 96 valence electrons. The Kier molecular flexibility index (Phi) is 5.32. The lowest BCUT2D eigenvalue weighted by Gasteiger charge is -2.30. The molecule has 17 heavy (non-hydrogen) atoms. The second kappa shape index (κ2) is 7.01. The molecule has 0 aromatic rings. The van der Waals surface area contributed by atoms with Gasteiger partial charge in [0.2, 0.25) is 0 Å². The van der Waals surface area contributed by atoms with Crippen molar-refractivity contribution in [2.45, 2.75) is 77.0 Å². The molecule has 2 fully saturated rings. The average Bonchev–Trinajstić information content (AvgIpc) is 2.36. The molecule has 2 unspecified atom stereocenters. The van der Waals surface area contributed by atoms with Crippen LogP contribution < -0.4 is 0 Å². The molecule has 0 aromatic carbocycles. The molecule has 0 spiro atoms. The fourth-order valence-corrected chi connectivity index (χ4v) is 3.66. The molecule has 1 nitrogen and oxygen atoms in total. The molecule has 2 aliphatic rings. The van der Waals surface area contributed by atoms with Crippen molar-refractivity contribution >= 4 is 5.94 Å². The molecule has 0 aliphatic heterocycles. The van der Waals surface area contributed by atoms with E-state index in [0.29, 0.717) is 5.92 Å². The van der Waals surface area contributed by atoms with Gasteiger partial charge in [-0.15, -0.1) is 0 Å². The molecule has 0 N–H and O–H groups in total. The Bertz CT molecular complexity index is 275. The molecule has 2 saturated carbocycles. The maximum absolute atomic E-state index is 11.1. The Hall–Kier alpha value is -0.550. The van der Waals surface area contributed by atoms with Crippen LogP contribution in [0.3, 0.4) is 0 Å². The number of fused-ring (bicyclic) bond motifs is 2. The van der Waals surface area contributed by atoms with Crippen LogP contribution in [-0.2, 0) is 4.79 Å². The molecule has 0 radical (unpaired) electrons. The van der Waals surface area contributed by atoms with Gasteiger partial charge in [0.25, 0.3) is 0 Å². The van der Waals surface area contributed by atoms with Gasteiger partial charge in [-0.1, -0.05) is 51.4 Å². The third kappa shape index (κ3) is 4.00. The molecular weight excluding hydrogens is 208 g/mol. The van der Waals surface area contributed by atoms with E-state index in [4.69, 9.17) is 0 Å². The minimum Gasteiger partial charge on any atom is -0.234 e. The van der Waals surface area contributed by atoms with Crippen molar-refractivity contribution in [3.05, 3.63) is 5.57 Å². The van der Waals surface area contributed by atoms with E-state index in [1.54, 1.807) is 0 Å². The quantitative estimate of drug-likeness (QED) is 0.556. The average molecular weight is 234 g/mol. The zero-order chi connectivity index (χ0) is 11.9. The van der Waals surface area contributed by atoms with Gasteiger partial charge in [0, 0.05) is 5.57 Å². The van der Waals surface area contributed by atoms with Crippen molar-refractivity contribution in [1.82, 2.24) is 0 Å². The Balaban J connectivity index is 1.97. The van der Waals surface area contributed by atoms with Crippen LogP contribution in [0.15, 0.2) is 5.57 Å². The molecule has 2 aliphatic carbocycles. The van der Waals surface area contributed by atoms with E-state index in [1.165, 1.54) is 70.6 Å². The Morgan fingerprint density at radius 2 is 1.53 bits per heavy atom. The summed E-state index contributed by atoms with van der Waals surface area (Å²) in [6.07, 6.45) is 15.8. The van der Waals surface area contributed by atoms with Crippen LogP contribution in [0.4, 0.5) is 0 Å². The van der Waals surface area contributed by atoms with Gasteiger partial charge < -0.3 is 0 Å². The molecule has 0 saturated heterocycles. The summed E-state index contributed by atoms with van der Waals surface area (Å²) in [6, 6.07) is 0. The summed E-state index contributed by atoms with van der Waals surface area (Å²) in [5.41, 5.74) is 1.12. The van der Waals surface area contributed by atoms with Gasteiger partial charge in [0.1, 0.15) is 5.94 Å². The highest BCUT2D eigenvalue weighted by Gasteiger charge is 2.25. The van der Waals surface area contributed by atoms with Gasteiger partial charge in [-0.2, -0.15) is 0 Å². The first-order valence-electron chi connectivity index (χ1n) is 7.64. The topological polar surface area (TPSA) is 17.1 Å². The summed E-state index contributed by atoms with van der Waals surface area (Å²) < 4.78 is 0. The summed E-state index contributed by atoms with van der Waals surface area (Å²) in [4.78, 5) is 11.1. The Labute approximate surface area is 106 Å². The highest BCUT2D eigenvalue weighted by molar-refractivity contribution is 5.53. The van der Waals surface area contributed by atoms with Gasteiger partial charge in [-0.25, -0.2) is 4.79 Å². The van der Waals surface area contributed by atoms with Gasteiger partial charge in [0.05, 0.1) is 0 Å². The highest BCUT2D eigenvalue weighted by Crippen LogP contribution is 2.37. The van der Waals surface area contributed by atoms with E-state index in [-0.39, 0.29) is 0 Å². The minimum absolute atomic E-state index is 0.589. The lowest BCUT2D eigenvalue weighted by molar-refractivity contribution is 0.269. The third-order valence-corrected chi connectivity index (χ3v) is 4.72. The molecule has 1 heteroatoms. The van der Waals surface area contributed by atoms with Crippen molar-refractivity contribution in [3.63, 3.8) is 0 Å². The summed E-state index contributed by atoms with van der Waals surface area (Å²) in [7, 11) is 0. The van der Waals surface area contributed by atoms with Gasteiger partial charge >= 0.3 is 0 Å². The van der Waals surface area contributed by atoms with Crippen molar-refractivity contribution < 1.29 is 4.79 Å². The van der Waals surface area contributed by atoms with Crippen LogP contribution in [0, 0.1) is 11.8 Å². The lowest BCUT2D eigenvalue weighted by Crippen LogP contribution is -2.18. The molecule has 0 amide bonds. The van der Waals surface area contributed by atoms with Gasteiger partial charge in [-0.05, 0) is 37.5 Å². The zero-order valence-electron chi connectivity index (χ0n) is 11.0. The number of rotatable bonds is 0. The molecule has 0 aromatic heterocycles. The predicted molar refractivity (Wildman–Crippen MR) is 71.6 cm³/mol. The van der Waals surface area contributed by atoms with Crippen molar-refractivity contribution in [3.8, 4) is 0 Å². The molecule has 0 heterocycles. The number of hydrogen-bond acceptors (Lipinski definition) is 1. The minimum atomic E-state index is 0.589. The summed E-state index contributed by atoms with van der Waals surface area (Å²) in [5.74, 6) is 3.77. The van der Waals surface area contributed by atoms with Crippen LogP contribution in [-0.4, -0.2) is 5.94 Å². The van der Waals surface area contributed by atoms with E-state index < -0.39 is 0 Å². The molecule has 2 atom stereocenters. The van der Waals surface area contributed by atoms with E-state index in [1.807, 2.05) is 0 Å². The van der Waals surface area contributed by atoms with E-state index in [2.05, 4.69) is 5.94 Å². The number of carbonyl (C=O) groups excluding carboxylic acids is 1. The van der Waals surface area contributed by atoms with Gasteiger partial charge in [0.15, 0.2) is 0 Å². The van der Waals surface area contributed by atoms with E-state index >= 15 is 0 Å². The Morgan fingerprint density at radius 1 is 0.824 bits per heavy atom. The highest BCUT2D eigenvalue weighted by atomic mass is 16.1. The first kappa shape index (κ1) is 12.9. The molecule has 2 bridgehead atoms. The largest absolute Gasteiger partial charge is 0.234 e. The first-order valence-corrected chi connectivity index (χ1v) is 7.64. The van der Waals surface area contributed by atoms with Gasteiger partial charge in [-0.3, -0.25) is 0 Å². The van der Waals surface area contributed by atoms with Crippen molar-refractivity contribution in [1.29, 1.82) is 0 Å². The van der Waals surface area contributed by atoms with E-state index in [0.717, 1.165) is 17.9 Å². The smallest absolute Gasteiger partial charge is 0.123 e. The molecular formula is C16H26O. The lowest BCUT2D eigenvalue weighted by atomic mass is 9.75. The SMILES string of the molecule is O=C=C1CCCCCCCCC2CCCC1C2. The zero-order valence-corrected chi connectivity index (χ0v) is 11.0. The normalized spacial score (nSPS) is 32.1. The number of allylic oxidation sites excluding steroid dienone is 1. The second-order valence-corrected chi connectivity index (χ2v) is 6.02. The van der Waals surface area contributed by atoms with Crippen LogP contribution in [0.1, 0.15) is 77.0 Å². The van der Waals surface area contributed by atoms with E-state index in [9.17, 15) is 4.79 Å². The van der Waals surface area contributed by atoms with Crippen LogP contribution in [0.2, 0.25) is 0 Å². The molecule has 2 rings (SSSR count). The standard InChI is InChI=1S/C16H26O/c17-13-16-10-6-4-2-1-3-5-8-14-9-7-11-15(16)12-14/h14-15H,1-12H2. The second-order valence-electron chi connectivity index (χ2n) is 6.02. The number of hydrogen-bond donors (Lipinski definition) is 0. The summed E-state index contributed by atoms with van der Waals surface area (Å²) in [5, 5.41) is 0. The van der Waals surface area contributed by atoms with Crippen LogP contribution in [0.5, 0.6) is 0 Å². The first-order chi connectivity index (χ1) is 8.40. The van der Waals surface area contributed by atoms with Crippen molar-refractivity contribution in [2.75, 3.05) is 0 Å². The third-order valence-electron chi connectivity index (χ3n) is 4.72. The summed E-state index contributed by atoms with van der Waals surface area (Å²) >= 11 is 0.